The number of rotatable bonds is 5. The minimum absolute atomic E-state index is 0.117. The first-order chi connectivity index (χ1) is 12.0. The summed E-state index contributed by atoms with van der Waals surface area (Å²) in [4.78, 5) is 33.7. The molecule has 2 aromatic heterocycles. The summed E-state index contributed by atoms with van der Waals surface area (Å²) < 4.78 is 1.70. The molecule has 8 heteroatoms. The zero-order valence-electron chi connectivity index (χ0n) is 14.6. The van der Waals surface area contributed by atoms with Crippen LogP contribution < -0.4 is 0 Å². The molecule has 0 aliphatic carbocycles. The van der Waals surface area contributed by atoms with Gasteiger partial charge in [-0.15, -0.1) is 0 Å². The summed E-state index contributed by atoms with van der Waals surface area (Å²) in [7, 11) is 0. The smallest absolute Gasteiger partial charge is 0.303 e. The number of carbonyl (C=O) groups excluding carboxylic acids is 1. The van der Waals surface area contributed by atoms with Crippen LogP contribution >= 0.6 is 0 Å². The Hall–Kier alpha value is -2.51. The predicted molar refractivity (Wildman–Crippen MR) is 90.1 cm³/mol. The van der Waals surface area contributed by atoms with Crippen LogP contribution in [0.4, 0.5) is 0 Å². The molecule has 1 fully saturated rings. The molecule has 25 heavy (non-hydrogen) atoms. The van der Waals surface area contributed by atoms with Crippen LogP contribution in [0.15, 0.2) is 6.33 Å². The molecule has 1 aliphatic heterocycles. The number of hydrogen-bond acceptors (Lipinski definition) is 5. The van der Waals surface area contributed by atoms with E-state index in [9.17, 15) is 9.59 Å². The number of fused-ring (bicyclic) bond motifs is 1. The molecule has 0 bridgehead atoms. The Morgan fingerprint density at radius 3 is 2.68 bits per heavy atom. The third-order valence-electron chi connectivity index (χ3n) is 5.01. The van der Waals surface area contributed by atoms with E-state index in [0.717, 1.165) is 29.8 Å². The number of aromatic nitrogens is 4. The van der Waals surface area contributed by atoms with Crippen molar-refractivity contribution in [2.75, 3.05) is 13.1 Å². The van der Waals surface area contributed by atoms with Gasteiger partial charge in [-0.05, 0) is 44.6 Å². The van der Waals surface area contributed by atoms with Gasteiger partial charge in [-0.2, -0.15) is 10.1 Å². The summed E-state index contributed by atoms with van der Waals surface area (Å²) in [5, 5.41) is 13.0. The van der Waals surface area contributed by atoms with Crippen molar-refractivity contribution in [1.82, 2.24) is 24.5 Å². The summed E-state index contributed by atoms with van der Waals surface area (Å²) in [5.41, 5.74) is 2.88. The van der Waals surface area contributed by atoms with Crippen LogP contribution in [0.2, 0.25) is 0 Å². The lowest BCUT2D eigenvalue weighted by Crippen LogP contribution is -2.39. The molecular formula is C17H23N5O3. The lowest BCUT2D eigenvalue weighted by atomic mass is 9.93. The quantitative estimate of drug-likeness (QED) is 0.879. The summed E-state index contributed by atoms with van der Waals surface area (Å²) >= 11 is 0. The van der Waals surface area contributed by atoms with Gasteiger partial charge >= 0.3 is 5.97 Å². The molecule has 0 saturated carbocycles. The van der Waals surface area contributed by atoms with E-state index in [2.05, 4.69) is 15.1 Å². The monoisotopic (exact) mass is 345 g/mol. The number of carboxylic acids is 1. The number of amides is 1. The lowest BCUT2D eigenvalue weighted by molar-refractivity contribution is -0.138. The highest BCUT2D eigenvalue weighted by Crippen LogP contribution is 2.22. The van der Waals surface area contributed by atoms with E-state index >= 15 is 0 Å². The summed E-state index contributed by atoms with van der Waals surface area (Å²) in [6.07, 6.45) is 4.25. The molecule has 1 amide bonds. The van der Waals surface area contributed by atoms with E-state index in [4.69, 9.17) is 5.11 Å². The number of nitrogens with zero attached hydrogens (tertiary/aromatic N) is 5. The van der Waals surface area contributed by atoms with Crippen LogP contribution in [0.25, 0.3) is 5.78 Å². The Labute approximate surface area is 145 Å². The third-order valence-corrected chi connectivity index (χ3v) is 5.01. The first-order valence-corrected chi connectivity index (χ1v) is 8.61. The predicted octanol–water partition coefficient (Wildman–Crippen LogP) is 1.39. The topological polar surface area (TPSA) is 101 Å². The minimum atomic E-state index is -0.758. The standard InChI is InChI=1S/C17H23N5O3/c1-11-14(12(2)22-17(20-11)18-10-19-22)3-4-15(23)21-7-5-13(6-8-21)9-16(24)25/h10,13H,3-9H2,1-2H3,(H,24,25). The van der Waals surface area contributed by atoms with E-state index < -0.39 is 5.97 Å². The Kier molecular flexibility index (Phi) is 4.96. The number of carboxylic acid groups (broad SMARTS) is 1. The lowest BCUT2D eigenvalue weighted by Gasteiger charge is -2.31. The molecule has 0 aromatic carbocycles. The zero-order chi connectivity index (χ0) is 18.0. The van der Waals surface area contributed by atoms with Crippen molar-refractivity contribution in [2.24, 2.45) is 5.92 Å². The Morgan fingerprint density at radius 1 is 1.28 bits per heavy atom. The average molecular weight is 345 g/mol. The van der Waals surface area contributed by atoms with E-state index in [-0.39, 0.29) is 18.2 Å². The minimum Gasteiger partial charge on any atom is -0.481 e. The van der Waals surface area contributed by atoms with Crippen molar-refractivity contribution in [1.29, 1.82) is 0 Å². The van der Waals surface area contributed by atoms with Gasteiger partial charge in [0.1, 0.15) is 6.33 Å². The van der Waals surface area contributed by atoms with Crippen molar-refractivity contribution >= 4 is 17.7 Å². The van der Waals surface area contributed by atoms with Gasteiger partial charge in [0.25, 0.3) is 5.78 Å². The summed E-state index contributed by atoms with van der Waals surface area (Å²) in [5.74, 6) is 0.119. The number of piperidine rings is 1. The molecule has 3 rings (SSSR count). The zero-order valence-corrected chi connectivity index (χ0v) is 14.6. The van der Waals surface area contributed by atoms with Gasteiger partial charge < -0.3 is 10.0 Å². The van der Waals surface area contributed by atoms with E-state index in [1.807, 2.05) is 18.7 Å². The molecule has 8 nitrogen and oxygen atoms in total. The molecule has 1 saturated heterocycles. The maximum atomic E-state index is 12.5. The van der Waals surface area contributed by atoms with Crippen LogP contribution in [0.5, 0.6) is 0 Å². The molecule has 0 radical (unpaired) electrons. The van der Waals surface area contributed by atoms with Gasteiger partial charge in [0.05, 0.1) is 0 Å². The highest BCUT2D eigenvalue weighted by molar-refractivity contribution is 5.76. The fourth-order valence-corrected chi connectivity index (χ4v) is 3.54. The van der Waals surface area contributed by atoms with E-state index in [1.54, 1.807) is 4.52 Å². The maximum Gasteiger partial charge on any atom is 0.303 e. The molecule has 1 aliphatic rings. The van der Waals surface area contributed by atoms with Crippen LogP contribution in [0, 0.1) is 19.8 Å². The third kappa shape index (κ3) is 3.78. The highest BCUT2D eigenvalue weighted by atomic mass is 16.4. The van der Waals surface area contributed by atoms with Gasteiger partial charge in [0, 0.05) is 37.3 Å². The average Bonchev–Trinajstić information content (AvgIpc) is 3.03. The highest BCUT2D eigenvalue weighted by Gasteiger charge is 2.24. The normalized spacial score (nSPS) is 15.7. The second-order valence-corrected chi connectivity index (χ2v) is 6.66. The molecule has 2 aromatic rings. The van der Waals surface area contributed by atoms with Gasteiger partial charge in [0.15, 0.2) is 0 Å². The fraction of sp³-hybridized carbons (Fsp3) is 0.588. The molecule has 1 N–H and O–H groups in total. The van der Waals surface area contributed by atoms with Gasteiger partial charge in [-0.3, -0.25) is 9.59 Å². The Balaban J connectivity index is 1.59. The molecule has 3 heterocycles. The fourth-order valence-electron chi connectivity index (χ4n) is 3.54. The van der Waals surface area contributed by atoms with Crippen LogP contribution in [0.1, 0.15) is 42.6 Å². The largest absolute Gasteiger partial charge is 0.481 e. The molecule has 0 atom stereocenters. The summed E-state index contributed by atoms with van der Waals surface area (Å²) in [6.45, 7) is 5.19. The first-order valence-electron chi connectivity index (χ1n) is 8.61. The van der Waals surface area contributed by atoms with E-state index in [1.165, 1.54) is 6.33 Å². The second kappa shape index (κ2) is 7.16. The van der Waals surface area contributed by atoms with Crippen molar-refractivity contribution < 1.29 is 14.7 Å². The van der Waals surface area contributed by atoms with Crippen molar-refractivity contribution in [3.05, 3.63) is 23.3 Å². The number of aryl methyl sites for hydroxylation is 2. The second-order valence-electron chi connectivity index (χ2n) is 6.66. The molecule has 134 valence electrons. The summed E-state index contributed by atoms with van der Waals surface area (Å²) in [6, 6.07) is 0. The molecular weight excluding hydrogens is 322 g/mol. The molecule has 0 unspecified atom stereocenters. The SMILES string of the molecule is Cc1nc2ncnn2c(C)c1CCC(=O)N1CCC(CC(=O)O)CC1. The van der Waals surface area contributed by atoms with Crippen molar-refractivity contribution in [3.8, 4) is 0 Å². The van der Waals surface area contributed by atoms with Gasteiger partial charge in [-0.25, -0.2) is 9.50 Å². The number of hydrogen-bond donors (Lipinski definition) is 1. The van der Waals surface area contributed by atoms with Crippen LogP contribution in [-0.2, 0) is 16.0 Å². The number of carbonyl (C=O) groups is 2. The van der Waals surface area contributed by atoms with Gasteiger partial charge in [0.2, 0.25) is 5.91 Å². The first kappa shape index (κ1) is 17.3. The van der Waals surface area contributed by atoms with E-state index in [0.29, 0.717) is 31.7 Å². The number of likely N-dealkylation sites (tertiary alicyclic amines) is 1. The Morgan fingerprint density at radius 2 is 2.00 bits per heavy atom. The van der Waals surface area contributed by atoms with Crippen molar-refractivity contribution in [2.45, 2.75) is 46.0 Å². The maximum absolute atomic E-state index is 12.5. The molecule has 0 spiro atoms. The number of aliphatic carboxylic acids is 1. The van der Waals surface area contributed by atoms with Crippen LogP contribution in [-0.4, -0.2) is 54.6 Å². The Bertz CT molecular complexity index is 793. The van der Waals surface area contributed by atoms with Crippen LogP contribution in [0.3, 0.4) is 0 Å². The van der Waals surface area contributed by atoms with Crippen molar-refractivity contribution in [3.63, 3.8) is 0 Å². The van der Waals surface area contributed by atoms with Gasteiger partial charge in [-0.1, -0.05) is 0 Å².